The van der Waals surface area contributed by atoms with Gasteiger partial charge in [-0.15, -0.1) is 0 Å². The minimum atomic E-state index is -5.97. The Bertz CT molecular complexity index is 2150. The second kappa shape index (κ2) is 13.3. The second-order valence-electron chi connectivity index (χ2n) is 10.2. The molecular formula is C31H24F5N9O3S. The zero-order valence-corrected chi connectivity index (χ0v) is 26.0. The molecule has 6 rings (SSSR count). The smallest absolute Gasteiger partial charge is 0.494 e. The molecule has 3 N–H and O–H groups in total. The third kappa shape index (κ3) is 7.03. The molecule has 12 nitrogen and oxygen atoms in total. The molecule has 0 amide bonds. The van der Waals surface area contributed by atoms with Gasteiger partial charge in [0.05, 0.1) is 18.7 Å². The van der Waals surface area contributed by atoms with Gasteiger partial charge >= 0.3 is 15.5 Å². The highest BCUT2D eigenvalue weighted by molar-refractivity contribution is 7.93. The highest BCUT2D eigenvalue weighted by atomic mass is 32.2. The maximum Gasteiger partial charge on any atom is 0.516 e. The van der Waals surface area contributed by atoms with E-state index in [1.807, 2.05) is 0 Å². The van der Waals surface area contributed by atoms with Crippen molar-refractivity contribution in [1.82, 2.24) is 29.7 Å². The van der Waals surface area contributed by atoms with Crippen molar-refractivity contribution in [3.8, 4) is 17.3 Å². The standard InChI is InChI=1S/C31H24F5N9O3S/c1-2-48-20-15-23(32)22(24(33)16-20)17-45-25-6-4-3-5-21(25)26(43-45)28-41-29(39-18-7-11-37-12-8-18)27(44-49(46,47)31(34,35)36)30(42-28)40-19-9-13-38-14-10-19/h3-16,44H,2,17H2,1H3,(H2,37,38,39,40,41,42). The molecule has 18 heteroatoms. The van der Waals surface area contributed by atoms with E-state index in [1.54, 1.807) is 35.9 Å². The van der Waals surface area contributed by atoms with E-state index in [0.29, 0.717) is 22.3 Å². The van der Waals surface area contributed by atoms with Gasteiger partial charge in [0.15, 0.2) is 17.5 Å². The molecular weight excluding hydrogens is 673 g/mol. The summed E-state index contributed by atoms with van der Waals surface area (Å²) in [7, 11) is -5.97. The van der Waals surface area contributed by atoms with E-state index in [0.717, 1.165) is 12.1 Å². The van der Waals surface area contributed by atoms with Gasteiger partial charge in [-0.1, -0.05) is 18.2 Å². The van der Waals surface area contributed by atoms with Gasteiger partial charge in [-0.2, -0.15) is 26.7 Å². The number of aromatic nitrogens is 6. The zero-order chi connectivity index (χ0) is 34.8. The number of benzene rings is 2. The Balaban J connectivity index is 1.54. The maximum atomic E-state index is 15.1. The van der Waals surface area contributed by atoms with E-state index in [2.05, 4.69) is 35.7 Å². The number of fused-ring (bicyclic) bond motifs is 1. The Labute approximate surface area is 275 Å². The number of rotatable bonds is 11. The van der Waals surface area contributed by atoms with Crippen LogP contribution in [-0.2, 0) is 16.6 Å². The summed E-state index contributed by atoms with van der Waals surface area (Å²) in [4.78, 5) is 16.7. The summed E-state index contributed by atoms with van der Waals surface area (Å²) in [6, 6.07) is 14.7. The lowest BCUT2D eigenvalue weighted by atomic mass is 10.1. The number of alkyl halides is 3. The Morgan fingerprint density at radius 1 is 0.837 bits per heavy atom. The summed E-state index contributed by atoms with van der Waals surface area (Å²) in [5.41, 5.74) is -5.59. The van der Waals surface area contributed by atoms with Crippen molar-refractivity contribution in [3.63, 3.8) is 0 Å². The number of nitrogens with zero attached hydrogens (tertiary/aromatic N) is 6. The molecule has 0 unspecified atom stereocenters. The predicted octanol–water partition coefficient (Wildman–Crippen LogP) is 6.76. The molecule has 0 aliphatic heterocycles. The third-order valence-electron chi connectivity index (χ3n) is 6.94. The number of nitrogens with one attached hydrogen (secondary N) is 3. The van der Waals surface area contributed by atoms with Crippen LogP contribution in [0.25, 0.3) is 22.4 Å². The largest absolute Gasteiger partial charge is 0.516 e. The van der Waals surface area contributed by atoms with Gasteiger partial charge in [-0.25, -0.2) is 18.7 Å². The fourth-order valence-corrected chi connectivity index (χ4v) is 5.30. The number of pyridine rings is 2. The lowest BCUT2D eigenvalue weighted by Gasteiger charge is -2.19. The number of halogens is 5. The molecule has 49 heavy (non-hydrogen) atoms. The molecule has 6 aromatic rings. The molecule has 0 fully saturated rings. The summed E-state index contributed by atoms with van der Waals surface area (Å²) in [5, 5.41) is 10.6. The lowest BCUT2D eigenvalue weighted by molar-refractivity contribution is -0.0429. The van der Waals surface area contributed by atoms with E-state index in [-0.39, 0.29) is 47.6 Å². The van der Waals surface area contributed by atoms with E-state index in [1.165, 1.54) is 53.7 Å². The van der Waals surface area contributed by atoms with Crippen LogP contribution in [0.4, 0.5) is 50.6 Å². The third-order valence-corrected chi connectivity index (χ3v) is 8.02. The summed E-state index contributed by atoms with van der Waals surface area (Å²) in [6.07, 6.45) is 5.59. The van der Waals surface area contributed by atoms with Crippen LogP contribution in [0, 0.1) is 11.6 Å². The van der Waals surface area contributed by atoms with Crippen molar-refractivity contribution < 1.29 is 35.1 Å². The van der Waals surface area contributed by atoms with Crippen molar-refractivity contribution in [3.05, 3.63) is 103 Å². The molecule has 0 aliphatic rings. The average molecular weight is 698 g/mol. The summed E-state index contributed by atoms with van der Waals surface area (Å²) in [5.74, 6) is -2.66. The van der Waals surface area contributed by atoms with Crippen molar-refractivity contribution in [2.75, 3.05) is 22.0 Å². The van der Waals surface area contributed by atoms with Crippen LogP contribution in [-0.4, -0.2) is 50.2 Å². The van der Waals surface area contributed by atoms with E-state index in [9.17, 15) is 21.6 Å². The van der Waals surface area contributed by atoms with Crippen molar-refractivity contribution in [2.45, 2.75) is 19.0 Å². The molecule has 0 atom stereocenters. The Hall–Kier alpha value is -5.91. The van der Waals surface area contributed by atoms with Crippen LogP contribution in [0.5, 0.6) is 5.75 Å². The molecule has 0 aliphatic carbocycles. The fraction of sp³-hybridized carbons (Fsp3) is 0.129. The predicted molar refractivity (Wildman–Crippen MR) is 171 cm³/mol. The van der Waals surface area contributed by atoms with E-state index in [4.69, 9.17) is 4.74 Å². The van der Waals surface area contributed by atoms with Crippen molar-refractivity contribution in [2.24, 2.45) is 0 Å². The monoisotopic (exact) mass is 697 g/mol. The zero-order valence-electron chi connectivity index (χ0n) is 25.2. The van der Waals surface area contributed by atoms with Crippen LogP contribution in [0.15, 0.2) is 85.5 Å². The highest BCUT2D eigenvalue weighted by Gasteiger charge is 2.47. The first-order valence-corrected chi connectivity index (χ1v) is 15.8. The first-order valence-electron chi connectivity index (χ1n) is 14.4. The quantitative estimate of drug-likeness (QED) is 0.124. The molecule has 0 bridgehead atoms. The van der Waals surface area contributed by atoms with Gasteiger partial charge in [0.25, 0.3) is 0 Å². The number of hydrogen-bond acceptors (Lipinski definition) is 10. The summed E-state index contributed by atoms with van der Waals surface area (Å²) < 4.78 is 104. The van der Waals surface area contributed by atoms with Gasteiger partial charge in [0.1, 0.15) is 28.8 Å². The van der Waals surface area contributed by atoms with E-state index < -0.39 is 32.9 Å². The SMILES string of the molecule is CCOc1cc(F)c(Cn2nc(-c3nc(Nc4ccncc4)c(NS(=O)(=O)C(F)(F)F)c(Nc4ccncc4)n3)c3ccccc32)c(F)c1. The van der Waals surface area contributed by atoms with Gasteiger partial charge in [0, 0.05) is 59.2 Å². The Morgan fingerprint density at radius 3 is 1.92 bits per heavy atom. The maximum absolute atomic E-state index is 15.1. The average Bonchev–Trinajstić information content (AvgIpc) is 3.43. The lowest BCUT2D eigenvalue weighted by Crippen LogP contribution is -2.30. The number of hydrogen-bond donors (Lipinski definition) is 3. The summed E-state index contributed by atoms with van der Waals surface area (Å²) in [6.45, 7) is 1.52. The molecule has 0 saturated heterocycles. The topological polar surface area (TPSA) is 149 Å². The van der Waals surface area contributed by atoms with Gasteiger partial charge in [-0.05, 0) is 37.3 Å². The van der Waals surface area contributed by atoms with Crippen molar-refractivity contribution in [1.29, 1.82) is 0 Å². The van der Waals surface area contributed by atoms with Gasteiger partial charge in [0.2, 0.25) is 0 Å². The van der Waals surface area contributed by atoms with Crippen LogP contribution in [0.1, 0.15) is 12.5 Å². The Kier molecular flexibility index (Phi) is 8.96. The normalized spacial score (nSPS) is 11.8. The first-order chi connectivity index (χ1) is 23.4. The number of para-hydroxylation sites is 1. The molecule has 2 aromatic carbocycles. The second-order valence-corrected chi connectivity index (χ2v) is 11.9. The minimum absolute atomic E-state index is 0.0188. The number of anilines is 5. The van der Waals surface area contributed by atoms with Crippen molar-refractivity contribution >= 4 is 49.6 Å². The Morgan fingerprint density at radius 2 is 1.39 bits per heavy atom. The molecule has 0 spiro atoms. The van der Waals surface area contributed by atoms with Crippen LogP contribution in [0.2, 0.25) is 0 Å². The highest BCUT2D eigenvalue weighted by Crippen LogP contribution is 2.38. The molecule has 0 radical (unpaired) electrons. The van der Waals surface area contributed by atoms with Crippen LogP contribution < -0.4 is 20.1 Å². The van der Waals surface area contributed by atoms with E-state index >= 15 is 8.78 Å². The fourth-order valence-electron chi connectivity index (χ4n) is 4.72. The molecule has 0 saturated carbocycles. The number of sulfonamides is 1. The number of ether oxygens (including phenoxy) is 1. The molecule has 4 heterocycles. The first kappa shape index (κ1) is 33.0. The minimum Gasteiger partial charge on any atom is -0.494 e. The van der Waals surface area contributed by atoms with Gasteiger partial charge in [-0.3, -0.25) is 19.4 Å². The molecule has 252 valence electrons. The van der Waals surface area contributed by atoms with Gasteiger partial charge < -0.3 is 15.4 Å². The van der Waals surface area contributed by atoms with Crippen LogP contribution >= 0.6 is 0 Å². The molecule has 4 aromatic heterocycles. The summed E-state index contributed by atoms with van der Waals surface area (Å²) >= 11 is 0. The van der Waals surface area contributed by atoms with Crippen LogP contribution in [0.3, 0.4) is 0 Å².